The fourth-order valence-corrected chi connectivity index (χ4v) is 3.94. The second-order valence-electron chi connectivity index (χ2n) is 9.09. The second kappa shape index (κ2) is 10.3. The van der Waals surface area contributed by atoms with E-state index >= 15 is 0 Å². The van der Waals surface area contributed by atoms with Gasteiger partial charge >= 0.3 is 0 Å². The van der Waals surface area contributed by atoms with Crippen molar-refractivity contribution < 1.29 is 4.74 Å². The first-order chi connectivity index (χ1) is 13.2. The van der Waals surface area contributed by atoms with E-state index in [1.54, 1.807) is 0 Å². The molecule has 7 nitrogen and oxygen atoms in total. The first-order valence-corrected chi connectivity index (χ1v) is 10.5. The molecule has 160 valence electrons. The lowest BCUT2D eigenvalue weighted by atomic mass is 9.78. The van der Waals surface area contributed by atoms with E-state index in [2.05, 4.69) is 68.6 Å². The van der Waals surface area contributed by atoms with Gasteiger partial charge in [0.1, 0.15) is 0 Å². The Bertz CT molecular complexity index is 619. The number of aromatic nitrogens is 2. The van der Waals surface area contributed by atoms with Gasteiger partial charge in [-0.2, -0.15) is 5.10 Å². The Hall–Kier alpha value is -1.60. The summed E-state index contributed by atoms with van der Waals surface area (Å²) < 4.78 is 7.96. The summed E-state index contributed by atoms with van der Waals surface area (Å²) in [7, 11) is 6.12. The lowest BCUT2D eigenvalue weighted by molar-refractivity contribution is -0.0835. The molecule has 7 heteroatoms. The normalized spacial score (nSPS) is 22.4. The first kappa shape index (κ1) is 22.7. The zero-order valence-corrected chi connectivity index (χ0v) is 18.8. The molecule has 28 heavy (non-hydrogen) atoms. The molecule has 2 rings (SSSR count). The largest absolute Gasteiger partial charge is 0.377 e. The Balaban J connectivity index is 2.02. The molecule has 1 aliphatic rings. The smallest absolute Gasteiger partial charge is 0.191 e. The van der Waals surface area contributed by atoms with E-state index in [-0.39, 0.29) is 17.6 Å². The van der Waals surface area contributed by atoms with Gasteiger partial charge in [0.05, 0.1) is 24.9 Å². The molecule has 1 aromatic heterocycles. The number of aliphatic imine (C=N–C) groups is 1. The van der Waals surface area contributed by atoms with Crippen molar-refractivity contribution in [3.63, 3.8) is 0 Å². The zero-order chi connectivity index (χ0) is 20.7. The third-order valence-corrected chi connectivity index (χ3v) is 5.33. The fourth-order valence-electron chi connectivity index (χ4n) is 3.94. The average Bonchev–Trinajstić information content (AvgIpc) is 3.05. The van der Waals surface area contributed by atoms with Crippen molar-refractivity contribution in [2.24, 2.45) is 23.4 Å². The van der Waals surface area contributed by atoms with Gasteiger partial charge in [-0.25, -0.2) is 0 Å². The number of ether oxygens (including phenoxy) is 1. The molecule has 0 spiro atoms. The lowest BCUT2D eigenvalue weighted by Gasteiger charge is -2.40. The van der Waals surface area contributed by atoms with Gasteiger partial charge < -0.3 is 20.3 Å². The lowest BCUT2D eigenvalue weighted by Crippen LogP contribution is -2.47. The highest BCUT2D eigenvalue weighted by Gasteiger charge is 2.35. The number of aryl methyl sites for hydroxylation is 1. The van der Waals surface area contributed by atoms with E-state index in [9.17, 15) is 0 Å². The van der Waals surface area contributed by atoms with Crippen molar-refractivity contribution >= 4 is 5.96 Å². The van der Waals surface area contributed by atoms with Gasteiger partial charge in [-0.05, 0) is 39.3 Å². The first-order valence-electron chi connectivity index (χ1n) is 10.5. The Morgan fingerprint density at radius 1 is 1.39 bits per heavy atom. The highest BCUT2D eigenvalue weighted by atomic mass is 16.5. The summed E-state index contributed by atoms with van der Waals surface area (Å²) >= 11 is 0. The van der Waals surface area contributed by atoms with Crippen LogP contribution in [-0.2, 0) is 11.8 Å². The molecular weight excluding hydrogens is 352 g/mol. The summed E-state index contributed by atoms with van der Waals surface area (Å²) in [6.07, 6.45) is 6.60. The molecule has 0 aromatic carbocycles. The van der Waals surface area contributed by atoms with Crippen molar-refractivity contribution in [3.05, 3.63) is 18.0 Å². The molecule has 3 atom stereocenters. The van der Waals surface area contributed by atoms with Crippen LogP contribution in [-0.4, -0.2) is 67.1 Å². The van der Waals surface area contributed by atoms with Crippen LogP contribution < -0.4 is 10.6 Å². The van der Waals surface area contributed by atoms with E-state index < -0.39 is 0 Å². The van der Waals surface area contributed by atoms with E-state index in [1.165, 1.54) is 12.0 Å². The molecule has 1 saturated heterocycles. The summed E-state index contributed by atoms with van der Waals surface area (Å²) in [4.78, 5) is 7.06. The van der Waals surface area contributed by atoms with Crippen LogP contribution in [0.25, 0.3) is 0 Å². The number of nitrogens with zero attached hydrogens (tertiary/aromatic N) is 4. The summed E-state index contributed by atoms with van der Waals surface area (Å²) in [6.45, 7) is 12.2. The number of likely N-dealkylation sites (N-methyl/N-ethyl adjacent to an activating group) is 1. The van der Waals surface area contributed by atoms with Gasteiger partial charge in [-0.15, -0.1) is 0 Å². The summed E-state index contributed by atoms with van der Waals surface area (Å²) in [5, 5.41) is 11.3. The van der Waals surface area contributed by atoms with E-state index in [4.69, 9.17) is 9.73 Å². The van der Waals surface area contributed by atoms with Crippen LogP contribution in [0, 0.1) is 11.3 Å². The molecular formula is C21H40N6O. The van der Waals surface area contributed by atoms with Gasteiger partial charge in [0.15, 0.2) is 5.96 Å². The standard InChI is InChI=1S/C21H40N6O/c1-8-22-20(23-12-16-10-9-11-28-19(16)21(2,3)4)24-14-18(26(5)6)17-13-25-27(7)15-17/h13,15-16,18-19H,8-12,14H2,1-7H3,(H2,22,23,24). The number of rotatable bonds is 7. The van der Waals surface area contributed by atoms with Crippen LogP contribution in [0.4, 0.5) is 0 Å². The highest BCUT2D eigenvalue weighted by Crippen LogP contribution is 2.33. The SMILES string of the molecule is CCNC(=NCC(c1cnn(C)c1)N(C)C)NCC1CCCOC1C(C)(C)C. The number of hydrogen-bond donors (Lipinski definition) is 2. The molecule has 0 amide bonds. The van der Waals surface area contributed by atoms with Crippen molar-refractivity contribution in [2.45, 2.75) is 52.7 Å². The molecule has 3 unspecified atom stereocenters. The minimum Gasteiger partial charge on any atom is -0.377 e. The zero-order valence-electron chi connectivity index (χ0n) is 18.8. The van der Waals surface area contributed by atoms with Crippen molar-refractivity contribution in [1.82, 2.24) is 25.3 Å². The van der Waals surface area contributed by atoms with Crippen LogP contribution in [0.2, 0.25) is 0 Å². The predicted octanol–water partition coefficient (Wildman–Crippen LogP) is 2.42. The van der Waals surface area contributed by atoms with Crippen LogP contribution in [0.5, 0.6) is 0 Å². The number of hydrogen-bond acceptors (Lipinski definition) is 4. The van der Waals surface area contributed by atoms with Crippen molar-refractivity contribution in [2.75, 3.05) is 40.3 Å². The fraction of sp³-hybridized carbons (Fsp3) is 0.810. The minimum atomic E-state index is 0.151. The van der Waals surface area contributed by atoms with Crippen LogP contribution in [0.15, 0.2) is 17.4 Å². The summed E-state index contributed by atoms with van der Waals surface area (Å²) in [6, 6.07) is 0.199. The molecule has 0 radical (unpaired) electrons. The summed E-state index contributed by atoms with van der Waals surface area (Å²) in [5.74, 6) is 1.37. The Morgan fingerprint density at radius 2 is 2.14 bits per heavy atom. The Kier molecular flexibility index (Phi) is 8.31. The topological polar surface area (TPSA) is 66.7 Å². The maximum atomic E-state index is 6.12. The molecule has 0 saturated carbocycles. The molecule has 1 fully saturated rings. The Labute approximate surface area is 170 Å². The predicted molar refractivity (Wildman–Crippen MR) is 116 cm³/mol. The van der Waals surface area contributed by atoms with Gasteiger partial charge in [-0.3, -0.25) is 9.67 Å². The average molecular weight is 393 g/mol. The van der Waals surface area contributed by atoms with Crippen molar-refractivity contribution in [3.8, 4) is 0 Å². The molecule has 1 aliphatic heterocycles. The third-order valence-electron chi connectivity index (χ3n) is 5.33. The quantitative estimate of drug-likeness (QED) is 0.551. The number of nitrogens with one attached hydrogen (secondary N) is 2. The van der Waals surface area contributed by atoms with E-state index in [0.29, 0.717) is 12.5 Å². The number of guanidine groups is 1. The second-order valence-corrected chi connectivity index (χ2v) is 9.09. The van der Waals surface area contributed by atoms with Gasteiger partial charge in [-0.1, -0.05) is 20.8 Å². The van der Waals surface area contributed by atoms with Crippen LogP contribution in [0.3, 0.4) is 0 Å². The minimum absolute atomic E-state index is 0.151. The highest BCUT2D eigenvalue weighted by molar-refractivity contribution is 5.79. The van der Waals surface area contributed by atoms with Crippen LogP contribution in [0.1, 0.15) is 52.1 Å². The molecule has 1 aromatic rings. The molecule has 2 N–H and O–H groups in total. The van der Waals surface area contributed by atoms with Gasteiger partial charge in [0.25, 0.3) is 0 Å². The molecule has 2 heterocycles. The van der Waals surface area contributed by atoms with Crippen LogP contribution >= 0.6 is 0 Å². The van der Waals surface area contributed by atoms with E-state index in [1.807, 2.05) is 17.9 Å². The maximum Gasteiger partial charge on any atom is 0.191 e. The summed E-state index contributed by atoms with van der Waals surface area (Å²) in [5.41, 5.74) is 1.33. The molecule has 0 bridgehead atoms. The van der Waals surface area contributed by atoms with E-state index in [0.717, 1.165) is 32.1 Å². The van der Waals surface area contributed by atoms with Crippen molar-refractivity contribution in [1.29, 1.82) is 0 Å². The monoisotopic (exact) mass is 392 g/mol. The third kappa shape index (κ3) is 6.48. The van der Waals surface area contributed by atoms with Gasteiger partial charge in [0.2, 0.25) is 0 Å². The molecule has 0 aliphatic carbocycles. The maximum absolute atomic E-state index is 6.12. The Morgan fingerprint density at radius 3 is 2.71 bits per heavy atom. The van der Waals surface area contributed by atoms with Gasteiger partial charge in [0, 0.05) is 44.4 Å².